The first-order valence-electron chi connectivity index (χ1n) is 7.43. The minimum absolute atomic E-state index is 0.277. The Morgan fingerprint density at radius 3 is 2.68 bits per heavy atom. The third kappa shape index (κ3) is 3.23. The minimum atomic E-state index is 0.277. The number of hydrogen-bond donors (Lipinski definition) is 1. The highest BCUT2D eigenvalue weighted by Gasteiger charge is 2.14. The van der Waals surface area contributed by atoms with E-state index in [0.717, 1.165) is 11.4 Å². The topological polar surface area (TPSA) is 60.6 Å². The van der Waals surface area contributed by atoms with Gasteiger partial charge in [0.15, 0.2) is 0 Å². The Kier molecular flexibility index (Phi) is 4.29. The SMILES string of the molecule is C[C@@H](NCc1cn(-c2ccccc2)nn1)[C@H](C)n1cccn1. The largest absolute Gasteiger partial charge is 0.306 e. The highest BCUT2D eigenvalue weighted by atomic mass is 15.4. The molecule has 0 amide bonds. The fraction of sp³-hybridized carbons (Fsp3) is 0.312. The van der Waals surface area contributed by atoms with E-state index in [1.54, 1.807) is 10.9 Å². The zero-order valence-electron chi connectivity index (χ0n) is 12.8. The van der Waals surface area contributed by atoms with Gasteiger partial charge >= 0.3 is 0 Å². The monoisotopic (exact) mass is 296 g/mol. The van der Waals surface area contributed by atoms with Gasteiger partial charge in [0.05, 0.1) is 23.6 Å². The van der Waals surface area contributed by atoms with Crippen molar-refractivity contribution in [2.24, 2.45) is 0 Å². The molecule has 0 spiro atoms. The van der Waals surface area contributed by atoms with Crippen LogP contribution in [0.3, 0.4) is 0 Å². The van der Waals surface area contributed by atoms with Crippen molar-refractivity contribution in [2.45, 2.75) is 32.5 Å². The van der Waals surface area contributed by atoms with Crippen LogP contribution in [0.5, 0.6) is 0 Å². The van der Waals surface area contributed by atoms with Gasteiger partial charge in [0.2, 0.25) is 0 Å². The summed E-state index contributed by atoms with van der Waals surface area (Å²) in [6.07, 6.45) is 5.73. The summed E-state index contributed by atoms with van der Waals surface area (Å²) in [6.45, 7) is 4.97. The Labute approximate surface area is 129 Å². The summed E-state index contributed by atoms with van der Waals surface area (Å²) in [5.74, 6) is 0. The molecule has 0 fully saturated rings. The second-order valence-electron chi connectivity index (χ2n) is 5.39. The Bertz CT molecular complexity index is 689. The number of rotatable bonds is 6. The Morgan fingerprint density at radius 2 is 1.95 bits per heavy atom. The summed E-state index contributed by atoms with van der Waals surface area (Å²) in [7, 11) is 0. The molecular formula is C16H20N6. The summed E-state index contributed by atoms with van der Waals surface area (Å²) < 4.78 is 3.75. The van der Waals surface area contributed by atoms with Crippen molar-refractivity contribution in [3.63, 3.8) is 0 Å². The maximum Gasteiger partial charge on any atom is 0.0969 e. The summed E-state index contributed by atoms with van der Waals surface area (Å²) in [5, 5.41) is 16.1. The lowest BCUT2D eigenvalue weighted by Gasteiger charge is -2.21. The van der Waals surface area contributed by atoms with Gasteiger partial charge in [-0.25, -0.2) is 4.68 Å². The van der Waals surface area contributed by atoms with Crippen LogP contribution in [0.1, 0.15) is 25.6 Å². The molecule has 3 aromatic rings. The minimum Gasteiger partial charge on any atom is -0.306 e. The first-order valence-corrected chi connectivity index (χ1v) is 7.43. The first kappa shape index (κ1) is 14.5. The Balaban J connectivity index is 1.59. The molecule has 2 heterocycles. The molecule has 2 atom stereocenters. The van der Waals surface area contributed by atoms with Crippen LogP contribution in [0, 0.1) is 0 Å². The van der Waals surface area contributed by atoms with Crippen LogP contribution in [0.2, 0.25) is 0 Å². The third-order valence-corrected chi connectivity index (χ3v) is 3.83. The van der Waals surface area contributed by atoms with E-state index in [1.165, 1.54) is 0 Å². The number of nitrogens with one attached hydrogen (secondary N) is 1. The Morgan fingerprint density at radius 1 is 1.14 bits per heavy atom. The zero-order valence-corrected chi connectivity index (χ0v) is 12.8. The van der Waals surface area contributed by atoms with Crippen LogP contribution < -0.4 is 5.32 Å². The number of benzene rings is 1. The van der Waals surface area contributed by atoms with Gasteiger partial charge in [0.25, 0.3) is 0 Å². The number of hydrogen-bond acceptors (Lipinski definition) is 4. The van der Waals surface area contributed by atoms with E-state index < -0.39 is 0 Å². The van der Waals surface area contributed by atoms with E-state index in [9.17, 15) is 0 Å². The summed E-state index contributed by atoms with van der Waals surface area (Å²) in [6, 6.07) is 12.5. The molecule has 22 heavy (non-hydrogen) atoms. The van der Waals surface area contributed by atoms with Crippen LogP contribution in [0.4, 0.5) is 0 Å². The predicted octanol–water partition coefficient (Wildman–Crippen LogP) is 2.20. The van der Waals surface area contributed by atoms with Gasteiger partial charge in [-0.05, 0) is 32.0 Å². The van der Waals surface area contributed by atoms with Crippen molar-refractivity contribution >= 4 is 0 Å². The van der Waals surface area contributed by atoms with Crippen LogP contribution in [-0.2, 0) is 6.54 Å². The maximum absolute atomic E-state index is 4.28. The number of aromatic nitrogens is 5. The number of nitrogens with zero attached hydrogens (tertiary/aromatic N) is 5. The Hall–Kier alpha value is -2.47. The van der Waals surface area contributed by atoms with Gasteiger partial charge in [-0.1, -0.05) is 23.4 Å². The third-order valence-electron chi connectivity index (χ3n) is 3.83. The molecule has 0 aliphatic heterocycles. The van der Waals surface area contributed by atoms with Crippen molar-refractivity contribution in [1.29, 1.82) is 0 Å². The van der Waals surface area contributed by atoms with Crippen molar-refractivity contribution in [1.82, 2.24) is 30.1 Å². The molecule has 0 saturated heterocycles. The predicted molar refractivity (Wildman–Crippen MR) is 84.6 cm³/mol. The molecule has 0 aliphatic rings. The van der Waals surface area contributed by atoms with E-state index in [0.29, 0.717) is 6.54 Å². The summed E-state index contributed by atoms with van der Waals surface area (Å²) in [5.41, 5.74) is 1.93. The maximum atomic E-state index is 4.28. The zero-order chi connectivity index (χ0) is 15.4. The van der Waals surface area contributed by atoms with Crippen LogP contribution >= 0.6 is 0 Å². The van der Waals surface area contributed by atoms with Gasteiger partial charge < -0.3 is 5.32 Å². The molecule has 0 unspecified atom stereocenters. The van der Waals surface area contributed by atoms with Crippen molar-refractivity contribution in [2.75, 3.05) is 0 Å². The number of para-hydroxylation sites is 1. The lowest BCUT2D eigenvalue weighted by atomic mass is 10.1. The highest BCUT2D eigenvalue weighted by molar-refractivity contribution is 5.29. The van der Waals surface area contributed by atoms with E-state index >= 15 is 0 Å². The van der Waals surface area contributed by atoms with Crippen molar-refractivity contribution in [3.8, 4) is 5.69 Å². The summed E-state index contributed by atoms with van der Waals surface area (Å²) >= 11 is 0. The van der Waals surface area contributed by atoms with Crippen molar-refractivity contribution in [3.05, 3.63) is 60.7 Å². The van der Waals surface area contributed by atoms with E-state index in [-0.39, 0.29) is 12.1 Å². The van der Waals surface area contributed by atoms with E-state index in [2.05, 4.69) is 34.6 Å². The average molecular weight is 296 g/mol. The van der Waals surface area contributed by atoms with Gasteiger partial charge in [0, 0.05) is 25.0 Å². The lowest BCUT2D eigenvalue weighted by Crippen LogP contribution is -2.33. The molecule has 0 aliphatic carbocycles. The standard InChI is InChI=1S/C16H20N6/c1-13(14(2)21-10-6-9-18-21)17-11-15-12-22(20-19-15)16-7-4-3-5-8-16/h3-10,12-14,17H,11H2,1-2H3/t13-,14+/m1/s1. The second kappa shape index (κ2) is 6.53. The van der Waals surface area contributed by atoms with E-state index in [4.69, 9.17) is 0 Å². The van der Waals surface area contributed by atoms with Gasteiger partial charge in [-0.3, -0.25) is 4.68 Å². The molecule has 3 rings (SSSR count). The molecule has 1 aromatic carbocycles. The molecule has 2 aromatic heterocycles. The smallest absolute Gasteiger partial charge is 0.0969 e. The molecule has 0 bridgehead atoms. The van der Waals surface area contributed by atoms with Crippen LogP contribution in [0.15, 0.2) is 55.0 Å². The van der Waals surface area contributed by atoms with Crippen LogP contribution in [-0.4, -0.2) is 30.8 Å². The summed E-state index contributed by atoms with van der Waals surface area (Å²) in [4.78, 5) is 0. The quantitative estimate of drug-likeness (QED) is 0.757. The van der Waals surface area contributed by atoms with Gasteiger partial charge in [-0.2, -0.15) is 5.10 Å². The van der Waals surface area contributed by atoms with Gasteiger partial charge in [-0.15, -0.1) is 5.10 Å². The molecule has 6 nitrogen and oxygen atoms in total. The lowest BCUT2D eigenvalue weighted by molar-refractivity contribution is 0.363. The highest BCUT2D eigenvalue weighted by Crippen LogP contribution is 2.10. The van der Waals surface area contributed by atoms with Crippen LogP contribution in [0.25, 0.3) is 5.69 Å². The average Bonchev–Trinajstić information content (AvgIpc) is 3.24. The van der Waals surface area contributed by atoms with Gasteiger partial charge in [0.1, 0.15) is 0 Å². The molecule has 0 saturated carbocycles. The molecule has 6 heteroatoms. The first-order chi connectivity index (χ1) is 10.7. The molecular weight excluding hydrogens is 276 g/mol. The fourth-order valence-electron chi connectivity index (χ4n) is 2.27. The second-order valence-corrected chi connectivity index (χ2v) is 5.39. The van der Waals surface area contributed by atoms with Crippen molar-refractivity contribution < 1.29 is 0 Å². The normalized spacial score (nSPS) is 13.9. The fourth-order valence-corrected chi connectivity index (χ4v) is 2.27. The molecule has 0 radical (unpaired) electrons. The molecule has 1 N–H and O–H groups in total. The van der Waals surface area contributed by atoms with E-state index in [1.807, 2.05) is 53.5 Å². The molecule has 114 valence electrons.